The van der Waals surface area contributed by atoms with Gasteiger partial charge in [0.25, 0.3) is 5.91 Å². The second kappa shape index (κ2) is 6.42. The molecule has 0 radical (unpaired) electrons. The SMILES string of the molecule is CC(O)C(NC(=O)c1ccc(Cl)c(S(C)(=O)=O)c1)C(=O)O. The van der Waals surface area contributed by atoms with E-state index >= 15 is 0 Å². The van der Waals surface area contributed by atoms with Crippen molar-refractivity contribution in [3.63, 3.8) is 0 Å². The Morgan fingerprint density at radius 2 is 1.90 bits per heavy atom. The molecule has 0 saturated carbocycles. The Kier molecular flexibility index (Phi) is 5.32. The molecule has 0 heterocycles. The van der Waals surface area contributed by atoms with Gasteiger partial charge in [-0.1, -0.05) is 11.6 Å². The van der Waals surface area contributed by atoms with Gasteiger partial charge in [0.15, 0.2) is 15.9 Å². The van der Waals surface area contributed by atoms with Gasteiger partial charge in [-0.25, -0.2) is 13.2 Å². The molecule has 1 rings (SSSR count). The lowest BCUT2D eigenvalue weighted by molar-refractivity contribution is -0.141. The zero-order valence-electron chi connectivity index (χ0n) is 11.2. The van der Waals surface area contributed by atoms with Crippen molar-refractivity contribution in [3.05, 3.63) is 28.8 Å². The molecule has 0 aliphatic carbocycles. The minimum Gasteiger partial charge on any atom is -0.480 e. The van der Waals surface area contributed by atoms with E-state index in [-0.39, 0.29) is 15.5 Å². The highest BCUT2D eigenvalue weighted by Crippen LogP contribution is 2.22. The van der Waals surface area contributed by atoms with Crippen molar-refractivity contribution in [2.75, 3.05) is 6.26 Å². The van der Waals surface area contributed by atoms with Gasteiger partial charge in [-0.15, -0.1) is 0 Å². The van der Waals surface area contributed by atoms with E-state index in [9.17, 15) is 23.1 Å². The summed E-state index contributed by atoms with van der Waals surface area (Å²) in [6.45, 7) is 1.21. The first kappa shape index (κ1) is 17.4. The lowest BCUT2D eigenvalue weighted by Gasteiger charge is -2.17. The summed E-state index contributed by atoms with van der Waals surface area (Å²) in [4.78, 5) is 22.6. The van der Waals surface area contributed by atoms with Crippen molar-refractivity contribution < 1.29 is 28.2 Å². The third-order valence-electron chi connectivity index (χ3n) is 2.63. The van der Waals surface area contributed by atoms with E-state index in [4.69, 9.17) is 16.7 Å². The number of nitrogens with one attached hydrogen (secondary N) is 1. The number of benzene rings is 1. The van der Waals surface area contributed by atoms with Crippen LogP contribution in [-0.2, 0) is 14.6 Å². The van der Waals surface area contributed by atoms with E-state index in [1.54, 1.807) is 0 Å². The minimum absolute atomic E-state index is 0.0423. The van der Waals surface area contributed by atoms with Crippen LogP contribution < -0.4 is 5.32 Å². The van der Waals surface area contributed by atoms with Crippen LogP contribution >= 0.6 is 11.6 Å². The maximum atomic E-state index is 11.9. The van der Waals surface area contributed by atoms with Crippen molar-refractivity contribution in [2.45, 2.75) is 24.0 Å². The number of aliphatic hydroxyl groups excluding tert-OH is 1. The number of hydrogen-bond acceptors (Lipinski definition) is 5. The van der Waals surface area contributed by atoms with E-state index in [0.29, 0.717) is 0 Å². The molecule has 0 aliphatic heterocycles. The molecule has 21 heavy (non-hydrogen) atoms. The van der Waals surface area contributed by atoms with Crippen LogP contribution in [-0.4, -0.2) is 48.9 Å². The Morgan fingerprint density at radius 1 is 1.33 bits per heavy atom. The van der Waals surface area contributed by atoms with E-state index in [2.05, 4.69) is 5.32 Å². The maximum Gasteiger partial charge on any atom is 0.328 e. The van der Waals surface area contributed by atoms with Crippen LogP contribution in [0.2, 0.25) is 5.02 Å². The maximum absolute atomic E-state index is 11.9. The molecule has 2 atom stereocenters. The van der Waals surface area contributed by atoms with Crippen molar-refractivity contribution in [2.24, 2.45) is 0 Å². The predicted molar refractivity (Wildman–Crippen MR) is 75.1 cm³/mol. The lowest BCUT2D eigenvalue weighted by atomic mass is 10.1. The molecule has 1 aromatic carbocycles. The smallest absolute Gasteiger partial charge is 0.328 e. The van der Waals surface area contributed by atoms with Gasteiger partial charge in [0.1, 0.15) is 0 Å². The van der Waals surface area contributed by atoms with Gasteiger partial charge in [0.05, 0.1) is 16.0 Å². The van der Waals surface area contributed by atoms with E-state index in [1.165, 1.54) is 19.1 Å². The zero-order chi connectivity index (χ0) is 16.4. The summed E-state index contributed by atoms with van der Waals surface area (Å²) >= 11 is 5.75. The molecule has 0 fully saturated rings. The summed E-state index contributed by atoms with van der Waals surface area (Å²) < 4.78 is 23.0. The molecule has 2 unspecified atom stereocenters. The number of sulfone groups is 1. The van der Waals surface area contributed by atoms with Crippen molar-refractivity contribution in [1.82, 2.24) is 5.32 Å². The molecule has 0 aromatic heterocycles. The van der Waals surface area contributed by atoms with E-state index in [0.717, 1.165) is 12.3 Å². The highest BCUT2D eigenvalue weighted by molar-refractivity contribution is 7.90. The Bertz CT molecular complexity index is 670. The summed E-state index contributed by atoms with van der Waals surface area (Å²) in [7, 11) is -3.63. The lowest BCUT2D eigenvalue weighted by Crippen LogP contribution is -2.47. The van der Waals surface area contributed by atoms with Crippen molar-refractivity contribution >= 4 is 33.3 Å². The summed E-state index contributed by atoms with van der Waals surface area (Å²) in [5.74, 6) is -2.24. The summed E-state index contributed by atoms with van der Waals surface area (Å²) in [6.07, 6.45) is -0.376. The van der Waals surface area contributed by atoms with Gasteiger partial charge >= 0.3 is 5.97 Å². The normalized spacial score (nSPS) is 14.3. The van der Waals surface area contributed by atoms with E-state index < -0.39 is 33.9 Å². The highest BCUT2D eigenvalue weighted by atomic mass is 35.5. The number of halogens is 1. The fraction of sp³-hybridized carbons (Fsp3) is 0.333. The first-order valence-corrected chi connectivity index (χ1v) is 8.02. The minimum atomic E-state index is -3.63. The number of carboxylic acid groups (broad SMARTS) is 1. The molecule has 0 bridgehead atoms. The Balaban J connectivity index is 3.12. The van der Waals surface area contributed by atoms with Gasteiger partial charge in [-0.05, 0) is 25.1 Å². The molecule has 1 aromatic rings. The number of carboxylic acids is 1. The van der Waals surface area contributed by atoms with Crippen LogP contribution in [0.5, 0.6) is 0 Å². The molecule has 116 valence electrons. The summed E-state index contributed by atoms with van der Waals surface area (Å²) in [5, 5.41) is 20.2. The molecule has 0 saturated heterocycles. The average molecular weight is 336 g/mol. The number of aliphatic carboxylic acids is 1. The first-order valence-electron chi connectivity index (χ1n) is 5.75. The molecule has 0 spiro atoms. The molecular weight excluding hydrogens is 322 g/mol. The highest BCUT2D eigenvalue weighted by Gasteiger charge is 2.26. The third kappa shape index (κ3) is 4.42. The Labute approximate surface area is 126 Å². The quantitative estimate of drug-likeness (QED) is 0.712. The van der Waals surface area contributed by atoms with Gasteiger partial charge in [-0.2, -0.15) is 0 Å². The number of hydrogen-bond donors (Lipinski definition) is 3. The van der Waals surface area contributed by atoms with Crippen LogP contribution in [0.3, 0.4) is 0 Å². The monoisotopic (exact) mass is 335 g/mol. The molecular formula is C12H14ClNO6S. The average Bonchev–Trinajstić information content (AvgIpc) is 2.33. The van der Waals surface area contributed by atoms with Gasteiger partial charge in [-0.3, -0.25) is 4.79 Å². The molecule has 1 amide bonds. The standard InChI is InChI=1S/C12H14ClNO6S/c1-6(15)10(12(17)18)14-11(16)7-3-4-8(13)9(5-7)21(2,19)20/h3-6,10,15H,1-2H3,(H,14,16)(H,17,18). The van der Waals surface area contributed by atoms with Crippen molar-refractivity contribution in [1.29, 1.82) is 0 Å². The van der Waals surface area contributed by atoms with Crippen molar-refractivity contribution in [3.8, 4) is 0 Å². The fourth-order valence-electron chi connectivity index (χ4n) is 1.54. The van der Waals surface area contributed by atoms with Crippen LogP contribution in [0.25, 0.3) is 0 Å². The van der Waals surface area contributed by atoms with Gasteiger partial charge in [0.2, 0.25) is 0 Å². The number of carbonyl (C=O) groups is 2. The predicted octanol–water partition coefficient (Wildman–Crippen LogP) is 0.307. The van der Waals surface area contributed by atoms with Crippen LogP contribution in [0, 0.1) is 0 Å². The number of amides is 1. The summed E-state index contributed by atoms with van der Waals surface area (Å²) in [6, 6.07) is 2.03. The molecule has 3 N–H and O–H groups in total. The third-order valence-corrected chi connectivity index (χ3v) is 4.21. The zero-order valence-corrected chi connectivity index (χ0v) is 12.8. The number of carbonyl (C=O) groups excluding carboxylic acids is 1. The van der Waals surface area contributed by atoms with Crippen LogP contribution in [0.1, 0.15) is 17.3 Å². The topological polar surface area (TPSA) is 121 Å². The Morgan fingerprint density at radius 3 is 2.33 bits per heavy atom. The van der Waals surface area contributed by atoms with Crippen LogP contribution in [0.4, 0.5) is 0 Å². The van der Waals surface area contributed by atoms with Gasteiger partial charge in [0, 0.05) is 11.8 Å². The Hall–Kier alpha value is -1.64. The second-order valence-corrected chi connectivity index (χ2v) is 6.84. The molecule has 7 nitrogen and oxygen atoms in total. The number of rotatable bonds is 5. The molecule has 0 aliphatic rings. The van der Waals surface area contributed by atoms with E-state index in [1.807, 2.05) is 0 Å². The number of aliphatic hydroxyl groups is 1. The van der Waals surface area contributed by atoms with Gasteiger partial charge < -0.3 is 15.5 Å². The second-order valence-electron chi connectivity index (χ2n) is 4.45. The fourth-order valence-corrected chi connectivity index (χ4v) is 2.84. The first-order chi connectivity index (χ1) is 9.54. The summed E-state index contributed by atoms with van der Waals surface area (Å²) in [5.41, 5.74) is -0.0771. The van der Waals surface area contributed by atoms with Crippen LogP contribution in [0.15, 0.2) is 23.1 Å². The molecule has 9 heteroatoms. The largest absolute Gasteiger partial charge is 0.480 e.